The molecule has 0 saturated heterocycles. The van der Waals surface area contributed by atoms with E-state index >= 15 is 0 Å². The summed E-state index contributed by atoms with van der Waals surface area (Å²) in [5.74, 6) is 0.378. The van der Waals surface area contributed by atoms with Crippen LogP contribution in [0.15, 0.2) is 58.4 Å². The van der Waals surface area contributed by atoms with Crippen LogP contribution in [-0.4, -0.2) is 20.7 Å². The van der Waals surface area contributed by atoms with E-state index < -0.39 is 0 Å². The molecule has 6 heteroatoms. The van der Waals surface area contributed by atoms with Crippen LogP contribution in [0.25, 0.3) is 16.6 Å². The standard InChI is InChI=1S/C23H23N5O/c1-14-8-7-11-21(16(14)3)28-22(29)19-9-5-6-10-20(19)26-23(28)27-24-13-18-12-15(2)25-17(18)4/h5-13,25H,1-4H3,(H,26,27)/b24-13+. The fourth-order valence-electron chi connectivity index (χ4n) is 3.45. The average Bonchev–Trinajstić information content (AvgIpc) is 3.02. The van der Waals surface area contributed by atoms with Crippen LogP contribution in [0.4, 0.5) is 5.95 Å². The Hall–Kier alpha value is -3.67. The van der Waals surface area contributed by atoms with E-state index in [1.807, 2.05) is 70.2 Å². The summed E-state index contributed by atoms with van der Waals surface area (Å²) in [6, 6.07) is 15.3. The number of H-pyrrole nitrogens is 1. The summed E-state index contributed by atoms with van der Waals surface area (Å²) < 4.78 is 1.59. The fraction of sp³-hybridized carbons (Fsp3) is 0.174. The summed E-state index contributed by atoms with van der Waals surface area (Å²) in [5.41, 5.74) is 9.49. The van der Waals surface area contributed by atoms with Crippen molar-refractivity contribution in [1.29, 1.82) is 0 Å². The molecule has 0 unspecified atom stereocenters. The molecule has 6 nitrogen and oxygen atoms in total. The van der Waals surface area contributed by atoms with E-state index in [2.05, 4.69) is 20.5 Å². The number of aromatic nitrogens is 3. The van der Waals surface area contributed by atoms with E-state index in [9.17, 15) is 4.79 Å². The van der Waals surface area contributed by atoms with E-state index in [1.165, 1.54) is 0 Å². The number of hydrogen-bond donors (Lipinski definition) is 2. The van der Waals surface area contributed by atoms with Crippen LogP contribution in [-0.2, 0) is 0 Å². The molecule has 4 rings (SSSR count). The van der Waals surface area contributed by atoms with E-state index in [-0.39, 0.29) is 5.56 Å². The summed E-state index contributed by atoms with van der Waals surface area (Å²) in [4.78, 5) is 21.3. The molecule has 0 spiro atoms. The zero-order valence-corrected chi connectivity index (χ0v) is 16.9. The number of fused-ring (bicyclic) bond motifs is 1. The van der Waals surface area contributed by atoms with Crippen molar-refractivity contribution in [3.8, 4) is 5.69 Å². The molecule has 146 valence electrons. The predicted octanol–water partition coefficient (Wildman–Crippen LogP) is 4.39. The Labute approximate surface area is 168 Å². The van der Waals surface area contributed by atoms with Gasteiger partial charge in [0.2, 0.25) is 5.95 Å². The third-order valence-corrected chi connectivity index (χ3v) is 5.15. The summed E-state index contributed by atoms with van der Waals surface area (Å²) in [6.07, 6.45) is 1.73. The van der Waals surface area contributed by atoms with Crippen LogP contribution in [0.2, 0.25) is 0 Å². The molecular weight excluding hydrogens is 362 g/mol. The molecule has 0 aliphatic heterocycles. The van der Waals surface area contributed by atoms with Crippen LogP contribution in [0.3, 0.4) is 0 Å². The SMILES string of the molecule is Cc1cc(/C=N/Nc2nc3ccccc3c(=O)n2-c2cccc(C)c2C)c(C)[nH]1. The van der Waals surface area contributed by atoms with Crippen LogP contribution in [0.5, 0.6) is 0 Å². The maximum absolute atomic E-state index is 13.3. The molecule has 0 aliphatic carbocycles. The summed E-state index contributed by atoms with van der Waals surface area (Å²) in [6.45, 7) is 8.03. The highest BCUT2D eigenvalue weighted by molar-refractivity contribution is 5.82. The number of benzene rings is 2. The molecule has 2 N–H and O–H groups in total. The third-order valence-electron chi connectivity index (χ3n) is 5.15. The van der Waals surface area contributed by atoms with Crippen molar-refractivity contribution in [3.05, 3.63) is 87.0 Å². The zero-order chi connectivity index (χ0) is 20.5. The van der Waals surface area contributed by atoms with Crippen LogP contribution in [0, 0.1) is 27.7 Å². The molecule has 2 aromatic carbocycles. The quantitative estimate of drug-likeness (QED) is 0.404. The van der Waals surface area contributed by atoms with Gasteiger partial charge in [0.1, 0.15) is 0 Å². The number of para-hydroxylation sites is 1. The number of nitrogens with one attached hydrogen (secondary N) is 2. The van der Waals surface area contributed by atoms with E-state index in [1.54, 1.807) is 16.8 Å². The van der Waals surface area contributed by atoms with E-state index in [0.29, 0.717) is 16.9 Å². The number of hydrogen-bond acceptors (Lipinski definition) is 4. The van der Waals surface area contributed by atoms with Gasteiger partial charge >= 0.3 is 0 Å². The van der Waals surface area contributed by atoms with Gasteiger partial charge in [-0.1, -0.05) is 24.3 Å². The minimum absolute atomic E-state index is 0.129. The fourth-order valence-corrected chi connectivity index (χ4v) is 3.45. The van der Waals surface area contributed by atoms with E-state index in [0.717, 1.165) is 33.8 Å². The van der Waals surface area contributed by atoms with Gasteiger partial charge in [-0.3, -0.25) is 4.79 Å². The number of rotatable bonds is 4. The minimum Gasteiger partial charge on any atom is -0.362 e. The Kier molecular flexibility index (Phi) is 4.76. The number of hydrazone groups is 1. The third kappa shape index (κ3) is 3.45. The molecule has 0 amide bonds. The molecular formula is C23H23N5O. The lowest BCUT2D eigenvalue weighted by Crippen LogP contribution is -2.23. The largest absolute Gasteiger partial charge is 0.362 e. The molecule has 4 aromatic rings. The van der Waals surface area contributed by atoms with Gasteiger partial charge in [0, 0.05) is 17.0 Å². The van der Waals surface area contributed by atoms with Crippen LogP contribution in [0.1, 0.15) is 28.1 Å². The first-order chi connectivity index (χ1) is 14.0. The van der Waals surface area contributed by atoms with E-state index in [4.69, 9.17) is 0 Å². The van der Waals surface area contributed by atoms with Crippen molar-refractivity contribution in [2.24, 2.45) is 5.10 Å². The van der Waals surface area contributed by atoms with Crippen LogP contribution < -0.4 is 11.0 Å². The van der Waals surface area contributed by atoms with Gasteiger partial charge in [-0.15, -0.1) is 0 Å². The van der Waals surface area contributed by atoms with Crippen LogP contribution >= 0.6 is 0 Å². The Morgan fingerprint density at radius 2 is 1.86 bits per heavy atom. The molecule has 0 radical (unpaired) electrons. The molecule has 0 saturated carbocycles. The number of anilines is 1. The van der Waals surface area contributed by atoms with Crippen molar-refractivity contribution < 1.29 is 0 Å². The smallest absolute Gasteiger partial charge is 0.267 e. The van der Waals surface area contributed by atoms with Gasteiger partial charge in [0.05, 0.1) is 22.8 Å². The molecule has 0 bridgehead atoms. The molecule has 0 aliphatic rings. The lowest BCUT2D eigenvalue weighted by atomic mass is 10.1. The molecule has 2 aromatic heterocycles. The highest BCUT2D eigenvalue weighted by Gasteiger charge is 2.14. The van der Waals surface area contributed by atoms with Crippen molar-refractivity contribution in [3.63, 3.8) is 0 Å². The predicted molar refractivity (Wildman–Crippen MR) is 118 cm³/mol. The topological polar surface area (TPSA) is 75.1 Å². The molecule has 0 fully saturated rings. The highest BCUT2D eigenvalue weighted by Crippen LogP contribution is 2.21. The lowest BCUT2D eigenvalue weighted by molar-refractivity contribution is 0.944. The molecule has 0 atom stereocenters. The summed E-state index contributed by atoms with van der Waals surface area (Å²) >= 11 is 0. The monoisotopic (exact) mass is 385 g/mol. The maximum atomic E-state index is 13.3. The maximum Gasteiger partial charge on any atom is 0.267 e. The number of aromatic amines is 1. The van der Waals surface area contributed by atoms with Crippen molar-refractivity contribution >= 4 is 23.1 Å². The van der Waals surface area contributed by atoms with Crippen molar-refractivity contribution in [1.82, 2.24) is 14.5 Å². The van der Waals surface area contributed by atoms with Gasteiger partial charge in [-0.2, -0.15) is 5.10 Å². The average molecular weight is 385 g/mol. The Morgan fingerprint density at radius 1 is 1.07 bits per heavy atom. The second kappa shape index (κ2) is 7.39. The van der Waals surface area contributed by atoms with Gasteiger partial charge < -0.3 is 4.98 Å². The van der Waals surface area contributed by atoms with Gasteiger partial charge in [-0.05, 0) is 63.1 Å². The van der Waals surface area contributed by atoms with Gasteiger partial charge in [-0.25, -0.2) is 15.0 Å². The lowest BCUT2D eigenvalue weighted by Gasteiger charge is -2.16. The second-order valence-corrected chi connectivity index (χ2v) is 7.21. The second-order valence-electron chi connectivity index (χ2n) is 7.21. The Balaban J connectivity index is 1.87. The Morgan fingerprint density at radius 3 is 2.62 bits per heavy atom. The first kappa shape index (κ1) is 18.7. The summed E-state index contributed by atoms with van der Waals surface area (Å²) in [5, 5.41) is 4.92. The molecule has 29 heavy (non-hydrogen) atoms. The number of aryl methyl sites for hydroxylation is 3. The van der Waals surface area contributed by atoms with Crippen molar-refractivity contribution in [2.75, 3.05) is 5.43 Å². The van der Waals surface area contributed by atoms with Gasteiger partial charge in [0.25, 0.3) is 5.56 Å². The highest BCUT2D eigenvalue weighted by atomic mass is 16.1. The normalized spacial score (nSPS) is 11.4. The number of nitrogens with zero attached hydrogens (tertiary/aromatic N) is 3. The summed E-state index contributed by atoms with van der Waals surface area (Å²) in [7, 11) is 0. The zero-order valence-electron chi connectivity index (χ0n) is 16.9. The Bertz CT molecular complexity index is 1300. The first-order valence-corrected chi connectivity index (χ1v) is 9.49. The minimum atomic E-state index is -0.129. The molecule has 2 heterocycles. The first-order valence-electron chi connectivity index (χ1n) is 9.49. The van der Waals surface area contributed by atoms with Crippen molar-refractivity contribution in [2.45, 2.75) is 27.7 Å². The van der Waals surface area contributed by atoms with Gasteiger partial charge in [0.15, 0.2) is 0 Å².